The number of nitrogens with two attached hydrogens (primary N) is 1. The first-order valence-electron chi connectivity index (χ1n) is 0.577. The van der Waals surface area contributed by atoms with E-state index in [9.17, 15) is 0 Å². The zero-order valence-corrected chi connectivity index (χ0v) is 7.55. The molecule has 0 heterocycles. The predicted octanol–water partition coefficient (Wildman–Crippen LogP) is -0.919. The Morgan fingerprint density at radius 3 is 1.25 bits per heavy atom. The van der Waals surface area contributed by atoms with Gasteiger partial charge in [0, 0.05) is 0 Å². The standard InChI is InChI=1S/CH5N.ClH.Sn.2H/c1-2;;;;/h2H2,1H3;1H;;;. The summed E-state index contributed by atoms with van der Waals surface area (Å²) < 4.78 is 0. The average molecular weight is 188 g/mol. The minimum atomic E-state index is 0. The van der Waals surface area contributed by atoms with E-state index < -0.39 is 0 Å². The molecular formula is CH8ClNSn. The van der Waals surface area contributed by atoms with E-state index in [1.165, 1.54) is 7.05 Å². The average Bonchev–Trinajstić information content (AvgIpc) is 1.00. The summed E-state index contributed by atoms with van der Waals surface area (Å²) in [6.45, 7) is 0. The Labute approximate surface area is 49.3 Å². The molecule has 1 nitrogen and oxygen atoms in total. The van der Waals surface area contributed by atoms with Crippen molar-refractivity contribution in [3.8, 4) is 0 Å². The number of halogens is 1. The molecule has 0 aromatic rings. The van der Waals surface area contributed by atoms with Gasteiger partial charge in [0.25, 0.3) is 0 Å². The molecule has 0 spiro atoms. The monoisotopic (exact) mass is 189 g/mol. The van der Waals surface area contributed by atoms with Gasteiger partial charge in [-0.1, -0.05) is 0 Å². The van der Waals surface area contributed by atoms with Crippen LogP contribution in [0, 0.1) is 0 Å². The first-order chi connectivity index (χ1) is 1.00. The Bertz CT molecular complexity index is 8.00. The second-order valence-electron chi connectivity index (χ2n) is 0. The fraction of sp³-hybridized carbons (Fsp3) is 1.00. The van der Waals surface area contributed by atoms with Gasteiger partial charge in [0.2, 0.25) is 0 Å². The van der Waals surface area contributed by atoms with Crippen LogP contribution >= 0.6 is 12.4 Å². The van der Waals surface area contributed by atoms with E-state index in [-0.39, 0.29) is 36.3 Å². The van der Waals surface area contributed by atoms with Crippen molar-refractivity contribution >= 4 is 36.3 Å². The molecule has 0 aliphatic heterocycles. The summed E-state index contributed by atoms with van der Waals surface area (Å²) >= 11 is 0. The van der Waals surface area contributed by atoms with Crippen LogP contribution in [-0.4, -0.2) is 31.0 Å². The Balaban J connectivity index is -0.00000000500. The molecule has 4 heavy (non-hydrogen) atoms. The molecule has 0 aliphatic rings. The van der Waals surface area contributed by atoms with E-state index in [0.717, 1.165) is 0 Å². The Kier molecular flexibility index (Phi) is 169. The quantitative estimate of drug-likeness (QED) is 0.489. The third-order valence-electron chi connectivity index (χ3n) is 0. The molecule has 0 atom stereocenters. The molecule has 0 unspecified atom stereocenters. The van der Waals surface area contributed by atoms with Crippen LogP contribution in [0.3, 0.4) is 0 Å². The summed E-state index contributed by atoms with van der Waals surface area (Å²) in [6, 6.07) is 0. The predicted molar refractivity (Wildman–Crippen MR) is 25.9 cm³/mol. The first-order valence-corrected chi connectivity index (χ1v) is 0.577. The summed E-state index contributed by atoms with van der Waals surface area (Å²) in [5, 5.41) is 0. The van der Waals surface area contributed by atoms with Gasteiger partial charge in [-0.05, 0) is 7.05 Å². The van der Waals surface area contributed by atoms with Crippen LogP contribution in [0.15, 0.2) is 0 Å². The Morgan fingerprint density at radius 1 is 1.25 bits per heavy atom. The van der Waals surface area contributed by atoms with Gasteiger partial charge in [0.15, 0.2) is 0 Å². The molecule has 0 aromatic carbocycles. The maximum atomic E-state index is 4.50. The van der Waals surface area contributed by atoms with Gasteiger partial charge in [0.05, 0.1) is 0 Å². The molecule has 0 fully saturated rings. The summed E-state index contributed by atoms with van der Waals surface area (Å²) in [6.07, 6.45) is 0. The van der Waals surface area contributed by atoms with Crippen LogP contribution in [0.1, 0.15) is 0 Å². The van der Waals surface area contributed by atoms with E-state index >= 15 is 0 Å². The van der Waals surface area contributed by atoms with Crippen molar-refractivity contribution in [2.45, 2.75) is 0 Å². The number of rotatable bonds is 0. The van der Waals surface area contributed by atoms with E-state index in [2.05, 4.69) is 5.73 Å². The topological polar surface area (TPSA) is 26.0 Å². The van der Waals surface area contributed by atoms with E-state index in [0.29, 0.717) is 0 Å². The Hall–Kier alpha value is 1.05. The normalized spacial score (nSPS) is 1.50. The molecule has 0 saturated heterocycles. The van der Waals surface area contributed by atoms with Gasteiger partial charge < -0.3 is 5.73 Å². The van der Waals surface area contributed by atoms with Crippen molar-refractivity contribution in [1.29, 1.82) is 0 Å². The van der Waals surface area contributed by atoms with Gasteiger partial charge in [-0.3, -0.25) is 0 Å². The van der Waals surface area contributed by atoms with Crippen molar-refractivity contribution in [2.24, 2.45) is 5.73 Å². The molecule has 2 N–H and O–H groups in total. The molecular weight excluding hydrogens is 180 g/mol. The van der Waals surface area contributed by atoms with Crippen LogP contribution in [0.25, 0.3) is 0 Å². The first kappa shape index (κ1) is 19.7. The molecule has 3 heteroatoms. The third kappa shape index (κ3) is 11.6. The second-order valence-corrected chi connectivity index (χ2v) is 0. The van der Waals surface area contributed by atoms with Gasteiger partial charge in [0.1, 0.15) is 0 Å². The van der Waals surface area contributed by atoms with E-state index in [1.807, 2.05) is 0 Å². The zero-order valence-electron chi connectivity index (χ0n) is 2.69. The molecule has 0 aliphatic carbocycles. The van der Waals surface area contributed by atoms with Gasteiger partial charge in [-0.25, -0.2) is 0 Å². The van der Waals surface area contributed by atoms with Crippen LogP contribution in [0.5, 0.6) is 0 Å². The fourth-order valence-corrected chi connectivity index (χ4v) is 0. The minimum absolute atomic E-state index is 0. The van der Waals surface area contributed by atoms with Crippen LogP contribution < -0.4 is 5.73 Å². The van der Waals surface area contributed by atoms with Gasteiger partial charge in [-0.15, -0.1) is 12.4 Å². The fourth-order valence-electron chi connectivity index (χ4n) is 0. The van der Waals surface area contributed by atoms with Crippen LogP contribution in [0.2, 0.25) is 0 Å². The van der Waals surface area contributed by atoms with Crippen molar-refractivity contribution in [2.75, 3.05) is 7.05 Å². The molecule has 0 aromatic heterocycles. The molecule has 28 valence electrons. The van der Waals surface area contributed by atoms with Crippen LogP contribution in [-0.2, 0) is 0 Å². The van der Waals surface area contributed by atoms with Crippen molar-refractivity contribution in [1.82, 2.24) is 0 Å². The van der Waals surface area contributed by atoms with E-state index in [1.54, 1.807) is 0 Å². The van der Waals surface area contributed by atoms with E-state index in [4.69, 9.17) is 0 Å². The zero-order chi connectivity index (χ0) is 2.00. The number of hydrogen-bond donors (Lipinski definition) is 1. The molecule has 0 bridgehead atoms. The van der Waals surface area contributed by atoms with Crippen LogP contribution in [0.4, 0.5) is 0 Å². The SMILES string of the molecule is CN.Cl.[SnH2]. The summed E-state index contributed by atoms with van der Waals surface area (Å²) in [5.74, 6) is 0. The molecule has 0 amide bonds. The van der Waals surface area contributed by atoms with Gasteiger partial charge >= 0.3 is 23.9 Å². The van der Waals surface area contributed by atoms with Crippen molar-refractivity contribution < 1.29 is 0 Å². The second kappa shape index (κ2) is 34.2. The summed E-state index contributed by atoms with van der Waals surface area (Å²) in [4.78, 5) is 0. The summed E-state index contributed by atoms with van der Waals surface area (Å²) in [5.41, 5.74) is 4.50. The third-order valence-corrected chi connectivity index (χ3v) is 0. The number of hydrogen-bond acceptors (Lipinski definition) is 1. The molecule has 0 rings (SSSR count). The van der Waals surface area contributed by atoms with Gasteiger partial charge in [-0.2, -0.15) is 0 Å². The van der Waals surface area contributed by atoms with Crippen molar-refractivity contribution in [3.63, 3.8) is 0 Å². The maximum absolute atomic E-state index is 4.50. The molecule has 2 radical (unpaired) electrons. The van der Waals surface area contributed by atoms with Crippen molar-refractivity contribution in [3.05, 3.63) is 0 Å². The summed E-state index contributed by atoms with van der Waals surface area (Å²) in [7, 11) is 1.50. The molecule has 0 saturated carbocycles. The Morgan fingerprint density at radius 2 is 1.25 bits per heavy atom.